The molecule has 2 amide bonds. The quantitative estimate of drug-likeness (QED) is 0.861. The van der Waals surface area contributed by atoms with Gasteiger partial charge in [-0.05, 0) is 26.0 Å². The van der Waals surface area contributed by atoms with Crippen LogP contribution in [0.1, 0.15) is 34.6 Å². The average molecular weight is 318 g/mol. The molecule has 23 heavy (non-hydrogen) atoms. The number of anilines is 1. The van der Waals surface area contributed by atoms with E-state index in [4.69, 9.17) is 4.74 Å². The Hall–Kier alpha value is -2.04. The second kappa shape index (κ2) is 6.60. The van der Waals surface area contributed by atoms with Crippen LogP contribution in [0, 0.1) is 5.41 Å². The Balaban J connectivity index is 2.19. The Morgan fingerprint density at radius 3 is 2.61 bits per heavy atom. The van der Waals surface area contributed by atoms with Crippen LogP contribution in [0.3, 0.4) is 0 Å². The molecule has 1 heterocycles. The van der Waals surface area contributed by atoms with Crippen LogP contribution in [0.5, 0.6) is 5.75 Å². The number of benzene rings is 1. The van der Waals surface area contributed by atoms with E-state index in [-0.39, 0.29) is 11.8 Å². The lowest BCUT2D eigenvalue weighted by molar-refractivity contribution is -0.147. The maximum Gasteiger partial charge on any atom is 0.249 e. The average Bonchev–Trinajstić information content (AvgIpc) is 2.49. The monoisotopic (exact) mass is 318 g/mol. The zero-order valence-corrected chi connectivity index (χ0v) is 14.6. The Bertz CT molecular complexity index is 592. The topological polar surface area (TPSA) is 49.9 Å². The summed E-state index contributed by atoms with van der Waals surface area (Å²) in [6, 6.07) is 7.07. The Labute approximate surface area is 138 Å². The van der Waals surface area contributed by atoms with Crippen molar-refractivity contribution in [1.82, 2.24) is 4.90 Å². The van der Waals surface area contributed by atoms with Crippen molar-refractivity contribution in [2.24, 2.45) is 5.41 Å². The second-order valence-corrected chi connectivity index (χ2v) is 6.84. The molecular formula is C18H26N2O3. The van der Waals surface area contributed by atoms with Gasteiger partial charge in [0.25, 0.3) is 0 Å². The molecule has 1 saturated heterocycles. The van der Waals surface area contributed by atoms with Crippen molar-refractivity contribution in [2.45, 2.75) is 40.7 Å². The van der Waals surface area contributed by atoms with E-state index in [1.54, 1.807) is 16.7 Å². The molecule has 2 rings (SSSR count). The van der Waals surface area contributed by atoms with Gasteiger partial charge in [-0.25, -0.2) is 0 Å². The number of nitrogens with zero attached hydrogens (tertiary/aromatic N) is 2. The highest BCUT2D eigenvalue weighted by molar-refractivity contribution is 6.00. The predicted octanol–water partition coefficient (Wildman–Crippen LogP) is 2.70. The fourth-order valence-electron chi connectivity index (χ4n) is 2.74. The molecule has 1 aromatic rings. The summed E-state index contributed by atoms with van der Waals surface area (Å²) in [5.74, 6) is 0.710. The first-order chi connectivity index (χ1) is 10.8. The number of ether oxygens (including phenoxy) is 1. The lowest BCUT2D eigenvalue weighted by Crippen LogP contribution is -2.59. The maximum absolute atomic E-state index is 12.7. The Kier molecular flexibility index (Phi) is 4.97. The van der Waals surface area contributed by atoms with E-state index in [0.717, 1.165) is 11.4 Å². The standard InChI is InChI=1S/C18H26N2O3/c1-6-23-15-9-7-8-14(12-15)20-11-10-19(13(2)16(20)21)17(22)18(3,4)5/h7-9,12-13H,6,10-11H2,1-5H3. The minimum absolute atomic E-state index is 0.0149. The molecule has 0 spiro atoms. The van der Waals surface area contributed by atoms with Crippen molar-refractivity contribution >= 4 is 17.5 Å². The summed E-state index contributed by atoms with van der Waals surface area (Å²) in [6.07, 6.45) is 0. The van der Waals surface area contributed by atoms with Crippen LogP contribution in [0.15, 0.2) is 24.3 Å². The molecule has 0 bridgehead atoms. The third kappa shape index (κ3) is 3.66. The molecule has 0 radical (unpaired) electrons. The minimum atomic E-state index is -0.481. The zero-order chi connectivity index (χ0) is 17.2. The number of hydrogen-bond acceptors (Lipinski definition) is 3. The molecular weight excluding hydrogens is 292 g/mol. The SMILES string of the molecule is CCOc1cccc(N2CCN(C(=O)C(C)(C)C)C(C)C2=O)c1. The molecule has 0 aliphatic carbocycles. The van der Waals surface area contributed by atoms with Crippen molar-refractivity contribution in [3.8, 4) is 5.75 Å². The van der Waals surface area contributed by atoms with Gasteiger partial charge in [0, 0.05) is 30.3 Å². The van der Waals surface area contributed by atoms with Gasteiger partial charge in [0.05, 0.1) is 6.61 Å². The number of carbonyl (C=O) groups excluding carboxylic acids is 2. The maximum atomic E-state index is 12.7. The summed E-state index contributed by atoms with van der Waals surface area (Å²) in [7, 11) is 0. The molecule has 1 fully saturated rings. The van der Waals surface area contributed by atoms with Gasteiger partial charge in [-0.1, -0.05) is 26.8 Å². The Morgan fingerprint density at radius 2 is 2.00 bits per heavy atom. The lowest BCUT2D eigenvalue weighted by atomic mass is 9.93. The molecule has 5 nitrogen and oxygen atoms in total. The second-order valence-electron chi connectivity index (χ2n) is 6.84. The van der Waals surface area contributed by atoms with E-state index in [2.05, 4.69) is 0 Å². The number of hydrogen-bond donors (Lipinski definition) is 0. The van der Waals surface area contributed by atoms with Crippen LogP contribution in [0.25, 0.3) is 0 Å². The van der Waals surface area contributed by atoms with Crippen molar-refractivity contribution in [3.63, 3.8) is 0 Å². The highest BCUT2D eigenvalue weighted by Gasteiger charge is 2.38. The van der Waals surface area contributed by atoms with E-state index in [1.807, 2.05) is 52.0 Å². The third-order valence-corrected chi connectivity index (χ3v) is 4.00. The fraction of sp³-hybridized carbons (Fsp3) is 0.556. The number of amides is 2. The van der Waals surface area contributed by atoms with E-state index in [0.29, 0.717) is 19.7 Å². The number of piperazine rings is 1. The summed E-state index contributed by atoms with van der Waals surface area (Å²) in [5.41, 5.74) is 0.335. The smallest absolute Gasteiger partial charge is 0.249 e. The summed E-state index contributed by atoms with van der Waals surface area (Å²) < 4.78 is 5.50. The first-order valence-electron chi connectivity index (χ1n) is 8.11. The van der Waals surface area contributed by atoms with E-state index in [1.165, 1.54) is 0 Å². The number of rotatable bonds is 3. The van der Waals surface area contributed by atoms with Gasteiger partial charge in [-0.15, -0.1) is 0 Å². The molecule has 1 unspecified atom stereocenters. The van der Waals surface area contributed by atoms with Crippen molar-refractivity contribution in [3.05, 3.63) is 24.3 Å². The van der Waals surface area contributed by atoms with E-state index >= 15 is 0 Å². The molecule has 1 atom stereocenters. The third-order valence-electron chi connectivity index (χ3n) is 4.00. The van der Waals surface area contributed by atoms with Crippen LogP contribution in [0.4, 0.5) is 5.69 Å². The molecule has 1 aliphatic rings. The summed E-state index contributed by atoms with van der Waals surface area (Å²) in [5, 5.41) is 0. The van der Waals surface area contributed by atoms with Crippen LogP contribution in [-0.4, -0.2) is 42.5 Å². The van der Waals surface area contributed by atoms with Gasteiger partial charge < -0.3 is 14.5 Å². The highest BCUT2D eigenvalue weighted by atomic mass is 16.5. The largest absolute Gasteiger partial charge is 0.494 e. The normalized spacial score (nSPS) is 19.0. The van der Waals surface area contributed by atoms with Crippen LogP contribution < -0.4 is 9.64 Å². The minimum Gasteiger partial charge on any atom is -0.494 e. The van der Waals surface area contributed by atoms with E-state index < -0.39 is 11.5 Å². The highest BCUT2D eigenvalue weighted by Crippen LogP contribution is 2.27. The van der Waals surface area contributed by atoms with Gasteiger partial charge >= 0.3 is 0 Å². The molecule has 126 valence electrons. The van der Waals surface area contributed by atoms with Crippen LogP contribution in [0.2, 0.25) is 0 Å². The Morgan fingerprint density at radius 1 is 1.30 bits per heavy atom. The molecule has 0 saturated carbocycles. The van der Waals surface area contributed by atoms with Crippen molar-refractivity contribution in [2.75, 3.05) is 24.6 Å². The summed E-state index contributed by atoms with van der Waals surface area (Å²) in [4.78, 5) is 28.6. The molecule has 1 aliphatic heterocycles. The zero-order valence-electron chi connectivity index (χ0n) is 14.6. The van der Waals surface area contributed by atoms with Gasteiger partial charge in [0.2, 0.25) is 11.8 Å². The van der Waals surface area contributed by atoms with Crippen LogP contribution >= 0.6 is 0 Å². The van der Waals surface area contributed by atoms with Gasteiger partial charge in [-0.3, -0.25) is 9.59 Å². The fourth-order valence-corrected chi connectivity index (χ4v) is 2.74. The molecule has 5 heteroatoms. The predicted molar refractivity (Wildman–Crippen MR) is 90.6 cm³/mol. The first-order valence-corrected chi connectivity index (χ1v) is 8.11. The molecule has 1 aromatic carbocycles. The van der Waals surface area contributed by atoms with Crippen molar-refractivity contribution < 1.29 is 14.3 Å². The summed E-state index contributed by atoms with van der Waals surface area (Å²) >= 11 is 0. The van der Waals surface area contributed by atoms with Gasteiger partial charge in [-0.2, -0.15) is 0 Å². The molecule has 0 N–H and O–H groups in total. The van der Waals surface area contributed by atoms with Crippen molar-refractivity contribution in [1.29, 1.82) is 0 Å². The summed E-state index contributed by atoms with van der Waals surface area (Å²) in [6.45, 7) is 11.0. The first kappa shape index (κ1) is 17.3. The van der Waals surface area contributed by atoms with Gasteiger partial charge in [0.1, 0.15) is 11.8 Å². The molecule has 0 aromatic heterocycles. The lowest BCUT2D eigenvalue weighted by Gasteiger charge is -2.41. The number of carbonyl (C=O) groups is 2. The van der Waals surface area contributed by atoms with Gasteiger partial charge in [0.15, 0.2) is 0 Å². The van der Waals surface area contributed by atoms with E-state index in [9.17, 15) is 9.59 Å². The van der Waals surface area contributed by atoms with Crippen LogP contribution in [-0.2, 0) is 9.59 Å².